The number of hydrogen-bond donors (Lipinski definition) is 2. The van der Waals surface area contributed by atoms with Gasteiger partial charge in [-0.1, -0.05) is 60.9 Å². The lowest BCUT2D eigenvalue weighted by Gasteiger charge is -2.03. The number of imidazole rings is 1. The summed E-state index contributed by atoms with van der Waals surface area (Å²) in [5, 5.41) is 8.62. The van der Waals surface area contributed by atoms with Crippen molar-refractivity contribution in [1.29, 1.82) is 0 Å². The molecule has 0 fully saturated rings. The number of benzene rings is 1. The molecule has 2 heterocycles. The van der Waals surface area contributed by atoms with Crippen LogP contribution < -0.4 is 5.73 Å². The number of hydrogen-bond acceptors (Lipinski definition) is 4. The van der Waals surface area contributed by atoms with Gasteiger partial charge in [-0.3, -0.25) is 0 Å². The van der Waals surface area contributed by atoms with Gasteiger partial charge in [-0.25, -0.2) is 9.67 Å². The van der Waals surface area contributed by atoms with Crippen molar-refractivity contribution in [2.24, 2.45) is 0 Å². The molecule has 3 aromatic rings. The van der Waals surface area contributed by atoms with Crippen LogP contribution >= 0.6 is 12.4 Å². The van der Waals surface area contributed by atoms with E-state index in [-0.39, 0.29) is 12.4 Å². The van der Waals surface area contributed by atoms with E-state index in [1.165, 1.54) is 36.0 Å². The van der Waals surface area contributed by atoms with Crippen molar-refractivity contribution in [3.8, 4) is 0 Å². The summed E-state index contributed by atoms with van der Waals surface area (Å²) in [5.41, 5.74) is 11.7. The Kier molecular flexibility index (Phi) is 10.3. The largest absolute Gasteiger partial charge is 0.369 e. The molecule has 0 aliphatic heterocycles. The van der Waals surface area contributed by atoms with Crippen molar-refractivity contribution >= 4 is 24.4 Å². The van der Waals surface area contributed by atoms with Crippen LogP contribution in [0.4, 0.5) is 5.95 Å². The number of aryl methyl sites for hydroxylation is 3. The molecule has 1 aromatic carbocycles. The first-order valence-electron chi connectivity index (χ1n) is 11.1. The third-order valence-electron chi connectivity index (χ3n) is 5.24. The Morgan fingerprint density at radius 2 is 1.84 bits per heavy atom. The summed E-state index contributed by atoms with van der Waals surface area (Å²) in [5.74, 6) is 0.495. The normalized spacial score (nSPS) is 11.5. The fourth-order valence-corrected chi connectivity index (χ4v) is 3.58. The van der Waals surface area contributed by atoms with E-state index in [2.05, 4.69) is 70.7 Å². The predicted octanol–water partition coefficient (Wildman–Crippen LogP) is 5.41. The lowest BCUT2D eigenvalue weighted by Crippen LogP contribution is -1.99. The molecule has 0 spiro atoms. The summed E-state index contributed by atoms with van der Waals surface area (Å²) >= 11 is 0. The summed E-state index contributed by atoms with van der Waals surface area (Å²) in [6, 6.07) is 8.89. The SMILES string of the molecule is CCCCc1ccc(/C=C(\C)Cn2cc(CCCCCc3cnc(N)[nH]3)nn2)cc1.Cl. The van der Waals surface area contributed by atoms with Crippen molar-refractivity contribution in [2.75, 3.05) is 5.73 Å². The average molecular weight is 443 g/mol. The summed E-state index contributed by atoms with van der Waals surface area (Å²) in [7, 11) is 0. The number of unbranched alkanes of at least 4 members (excludes halogenated alkanes) is 3. The number of allylic oxidation sites excluding steroid dienone is 1. The molecule has 6 nitrogen and oxygen atoms in total. The molecule has 3 N–H and O–H groups in total. The number of rotatable bonds is 12. The van der Waals surface area contributed by atoms with Gasteiger partial charge in [0.1, 0.15) is 0 Å². The molecular weight excluding hydrogens is 408 g/mol. The number of nitrogen functional groups attached to an aromatic ring is 1. The van der Waals surface area contributed by atoms with E-state index in [9.17, 15) is 0 Å². The summed E-state index contributed by atoms with van der Waals surface area (Å²) in [6.45, 7) is 5.15. The third-order valence-corrected chi connectivity index (χ3v) is 5.24. The van der Waals surface area contributed by atoms with E-state index in [1.54, 1.807) is 0 Å². The molecule has 31 heavy (non-hydrogen) atoms. The Morgan fingerprint density at radius 3 is 2.55 bits per heavy atom. The first kappa shape index (κ1) is 24.7. The fraction of sp³-hybridized carbons (Fsp3) is 0.458. The number of H-pyrrole nitrogens is 1. The quantitative estimate of drug-likeness (QED) is 0.367. The number of aromatic amines is 1. The molecule has 0 unspecified atom stereocenters. The molecule has 0 aliphatic rings. The number of anilines is 1. The molecular formula is C24H35ClN6. The highest BCUT2D eigenvalue weighted by Gasteiger charge is 2.03. The number of halogens is 1. The second-order valence-corrected chi connectivity index (χ2v) is 8.10. The van der Waals surface area contributed by atoms with Crippen molar-refractivity contribution in [3.63, 3.8) is 0 Å². The van der Waals surface area contributed by atoms with Crippen LogP contribution in [0, 0.1) is 0 Å². The standard InChI is InChI=1S/C24H34N6.ClH/c1-3-4-8-20-11-13-21(14-12-20)15-19(2)17-30-18-23(28-29-30)10-7-5-6-9-22-16-26-24(25)27-22;/h11-16,18H,3-10,17H2,1-2H3,(H3,25,26,27);1H/b19-15+;. The molecule has 0 saturated carbocycles. The monoisotopic (exact) mass is 442 g/mol. The predicted molar refractivity (Wildman–Crippen MR) is 130 cm³/mol. The highest BCUT2D eigenvalue weighted by Crippen LogP contribution is 2.13. The van der Waals surface area contributed by atoms with Gasteiger partial charge in [0.15, 0.2) is 5.95 Å². The Labute approximate surface area is 191 Å². The van der Waals surface area contributed by atoms with Crippen LogP contribution in [0.25, 0.3) is 6.08 Å². The molecule has 168 valence electrons. The molecule has 0 bridgehead atoms. The minimum Gasteiger partial charge on any atom is -0.369 e. The van der Waals surface area contributed by atoms with Crippen LogP contribution in [-0.4, -0.2) is 25.0 Å². The zero-order valence-corrected chi connectivity index (χ0v) is 19.5. The average Bonchev–Trinajstić information content (AvgIpc) is 3.35. The van der Waals surface area contributed by atoms with Crippen molar-refractivity contribution in [3.05, 3.63) is 64.7 Å². The molecule has 3 rings (SSSR count). The van der Waals surface area contributed by atoms with E-state index in [4.69, 9.17) is 5.73 Å². The minimum atomic E-state index is 0. The zero-order valence-electron chi connectivity index (χ0n) is 18.7. The van der Waals surface area contributed by atoms with Crippen LogP contribution in [0.3, 0.4) is 0 Å². The van der Waals surface area contributed by atoms with Gasteiger partial charge in [-0.05, 0) is 56.6 Å². The number of nitrogens with two attached hydrogens (primary N) is 1. The Hall–Kier alpha value is -2.60. The summed E-state index contributed by atoms with van der Waals surface area (Å²) in [6.07, 6.45) is 15.1. The molecule has 7 heteroatoms. The molecule has 0 amide bonds. The summed E-state index contributed by atoms with van der Waals surface area (Å²) < 4.78 is 1.93. The third kappa shape index (κ3) is 8.58. The Bertz CT molecular complexity index is 926. The first-order valence-corrected chi connectivity index (χ1v) is 11.1. The number of nitrogens with zero attached hydrogens (tertiary/aromatic N) is 4. The highest BCUT2D eigenvalue weighted by molar-refractivity contribution is 5.85. The van der Waals surface area contributed by atoms with Crippen LogP contribution in [0.2, 0.25) is 0 Å². The molecule has 0 saturated heterocycles. The summed E-state index contributed by atoms with van der Waals surface area (Å²) in [4.78, 5) is 7.10. The number of nitrogens with one attached hydrogen (secondary N) is 1. The van der Waals surface area contributed by atoms with Crippen molar-refractivity contribution < 1.29 is 0 Å². The van der Waals surface area contributed by atoms with Gasteiger partial charge in [0.25, 0.3) is 0 Å². The zero-order chi connectivity index (χ0) is 21.2. The van der Waals surface area contributed by atoms with Crippen LogP contribution in [-0.2, 0) is 25.8 Å². The maximum absolute atomic E-state index is 5.60. The van der Waals surface area contributed by atoms with Gasteiger partial charge < -0.3 is 10.7 Å². The Morgan fingerprint density at radius 1 is 1.06 bits per heavy atom. The van der Waals surface area contributed by atoms with E-state index in [0.717, 1.165) is 50.0 Å². The second-order valence-electron chi connectivity index (χ2n) is 8.10. The Balaban J connectivity index is 0.00000341. The highest BCUT2D eigenvalue weighted by atomic mass is 35.5. The molecule has 0 aliphatic carbocycles. The molecule has 0 atom stereocenters. The fourth-order valence-electron chi connectivity index (χ4n) is 3.58. The van der Waals surface area contributed by atoms with Crippen LogP contribution in [0.15, 0.2) is 42.2 Å². The second kappa shape index (κ2) is 13.0. The maximum atomic E-state index is 5.60. The van der Waals surface area contributed by atoms with Crippen LogP contribution in [0.5, 0.6) is 0 Å². The van der Waals surface area contributed by atoms with Gasteiger partial charge in [0, 0.05) is 11.9 Å². The van der Waals surface area contributed by atoms with Crippen molar-refractivity contribution in [2.45, 2.75) is 71.8 Å². The first-order chi connectivity index (χ1) is 14.6. The van der Waals surface area contributed by atoms with Gasteiger partial charge >= 0.3 is 0 Å². The van der Waals surface area contributed by atoms with Crippen molar-refractivity contribution in [1.82, 2.24) is 25.0 Å². The van der Waals surface area contributed by atoms with Gasteiger partial charge in [0.05, 0.1) is 18.4 Å². The smallest absolute Gasteiger partial charge is 0.197 e. The molecule has 0 radical (unpaired) electrons. The van der Waals surface area contributed by atoms with Crippen LogP contribution in [0.1, 0.15) is 68.5 Å². The lowest BCUT2D eigenvalue weighted by molar-refractivity contribution is 0.642. The number of aromatic nitrogens is 5. The van der Waals surface area contributed by atoms with E-state index >= 15 is 0 Å². The van der Waals surface area contributed by atoms with E-state index < -0.39 is 0 Å². The maximum Gasteiger partial charge on any atom is 0.197 e. The van der Waals surface area contributed by atoms with E-state index in [0.29, 0.717) is 5.95 Å². The van der Waals surface area contributed by atoms with Gasteiger partial charge in [-0.15, -0.1) is 17.5 Å². The van der Waals surface area contributed by atoms with E-state index in [1.807, 2.05) is 10.9 Å². The lowest BCUT2D eigenvalue weighted by atomic mass is 10.1. The minimum absolute atomic E-state index is 0. The van der Waals surface area contributed by atoms with Gasteiger partial charge in [0.2, 0.25) is 0 Å². The van der Waals surface area contributed by atoms with Gasteiger partial charge in [-0.2, -0.15) is 0 Å². The topological polar surface area (TPSA) is 85.4 Å². The molecule has 2 aromatic heterocycles.